The lowest BCUT2D eigenvalue weighted by Gasteiger charge is -2.34. The fraction of sp³-hybridized carbons (Fsp3) is 0.500. The normalized spacial score (nSPS) is 13.9. The summed E-state index contributed by atoms with van der Waals surface area (Å²) in [6, 6.07) is 8.86. The van der Waals surface area contributed by atoms with Crippen molar-refractivity contribution in [1.82, 2.24) is 4.90 Å². The van der Waals surface area contributed by atoms with Crippen molar-refractivity contribution in [1.29, 1.82) is 0 Å². The van der Waals surface area contributed by atoms with Crippen molar-refractivity contribution in [3.05, 3.63) is 61.2 Å². The van der Waals surface area contributed by atoms with Crippen LogP contribution in [0.5, 0.6) is 0 Å². The zero-order chi connectivity index (χ0) is 24.3. The van der Waals surface area contributed by atoms with Crippen LogP contribution in [-0.4, -0.2) is 41.4 Å². The summed E-state index contributed by atoms with van der Waals surface area (Å²) >= 11 is 0. The molecule has 32 heavy (non-hydrogen) atoms. The predicted octanol–water partition coefficient (Wildman–Crippen LogP) is 5.01. The minimum Gasteiger partial charge on any atom is -0.460 e. The van der Waals surface area contributed by atoms with E-state index in [0.29, 0.717) is 12.8 Å². The van der Waals surface area contributed by atoms with Crippen molar-refractivity contribution in [2.45, 2.75) is 71.1 Å². The second-order valence-corrected chi connectivity index (χ2v) is 8.85. The summed E-state index contributed by atoms with van der Waals surface area (Å²) in [7, 11) is 1.66. The highest BCUT2D eigenvalue weighted by molar-refractivity contribution is 5.84. The van der Waals surface area contributed by atoms with E-state index in [9.17, 15) is 14.4 Å². The number of esters is 2. The Labute approximate surface area is 192 Å². The molecule has 0 spiro atoms. The lowest BCUT2D eigenvalue weighted by atomic mass is 9.96. The third kappa shape index (κ3) is 9.08. The predicted molar refractivity (Wildman–Crippen MR) is 126 cm³/mol. The van der Waals surface area contributed by atoms with Crippen LogP contribution < -0.4 is 0 Å². The second kappa shape index (κ2) is 12.8. The Hall–Kier alpha value is -2.89. The number of hydrogen-bond donors (Lipinski definition) is 0. The minimum atomic E-state index is -0.645. The molecule has 0 radical (unpaired) electrons. The maximum atomic E-state index is 13.3. The van der Waals surface area contributed by atoms with Crippen molar-refractivity contribution in [3.8, 4) is 0 Å². The van der Waals surface area contributed by atoms with Crippen LogP contribution in [0.4, 0.5) is 0 Å². The Kier molecular flexibility index (Phi) is 10.9. The summed E-state index contributed by atoms with van der Waals surface area (Å²) in [5, 5.41) is 0. The van der Waals surface area contributed by atoms with Gasteiger partial charge >= 0.3 is 11.9 Å². The molecule has 0 aliphatic heterocycles. The Morgan fingerprint density at radius 2 is 1.69 bits per heavy atom. The van der Waals surface area contributed by atoms with Gasteiger partial charge in [0, 0.05) is 13.5 Å². The van der Waals surface area contributed by atoms with Crippen LogP contribution >= 0.6 is 0 Å². The molecule has 0 saturated carbocycles. The molecule has 0 heterocycles. The number of carbonyl (C=O) groups excluding carboxylic acids is 3. The largest absolute Gasteiger partial charge is 0.460 e. The standard InChI is InChI=1S/C26H37NO5/c1-8-10-17-22(28)31-24(20-15-12-11-13-16-20)19(3)27(7)25(30)21(14-9-2)18-23(29)32-26(4,5)6/h8-9,11-13,15-16,19,21,24H,1-2,10,14,17-18H2,3-7H3/t19-,21?,24+/m0/s1. The van der Waals surface area contributed by atoms with Gasteiger partial charge in [-0.3, -0.25) is 14.4 Å². The van der Waals surface area contributed by atoms with E-state index in [1.165, 1.54) is 4.90 Å². The number of likely N-dealkylation sites (N-methyl/N-ethyl adjacent to an activating group) is 1. The summed E-state index contributed by atoms with van der Waals surface area (Å²) in [6.45, 7) is 14.5. The number of carbonyl (C=O) groups is 3. The Morgan fingerprint density at radius 1 is 1.06 bits per heavy atom. The maximum absolute atomic E-state index is 13.3. The molecule has 1 aromatic carbocycles. The number of benzene rings is 1. The number of rotatable bonds is 12. The van der Waals surface area contributed by atoms with Gasteiger partial charge in [-0.15, -0.1) is 13.2 Å². The fourth-order valence-corrected chi connectivity index (χ4v) is 3.26. The van der Waals surface area contributed by atoms with Crippen molar-refractivity contribution < 1.29 is 23.9 Å². The van der Waals surface area contributed by atoms with Gasteiger partial charge in [0.05, 0.1) is 18.4 Å². The van der Waals surface area contributed by atoms with Gasteiger partial charge in [0.1, 0.15) is 11.7 Å². The number of ether oxygens (including phenoxy) is 2. The molecule has 6 nitrogen and oxygen atoms in total. The molecule has 0 aliphatic rings. The monoisotopic (exact) mass is 443 g/mol. The Balaban J connectivity index is 3.05. The average Bonchev–Trinajstić information content (AvgIpc) is 2.73. The van der Waals surface area contributed by atoms with Gasteiger partial charge in [0.2, 0.25) is 5.91 Å². The zero-order valence-electron chi connectivity index (χ0n) is 20.0. The smallest absolute Gasteiger partial charge is 0.307 e. The molecule has 1 rings (SSSR count). The molecule has 1 aromatic rings. The lowest BCUT2D eigenvalue weighted by molar-refractivity contribution is -0.160. The van der Waals surface area contributed by atoms with Crippen LogP contribution in [0.2, 0.25) is 0 Å². The molecule has 0 bridgehead atoms. The van der Waals surface area contributed by atoms with Gasteiger partial charge < -0.3 is 14.4 Å². The van der Waals surface area contributed by atoms with E-state index in [1.54, 1.807) is 40.0 Å². The van der Waals surface area contributed by atoms with E-state index >= 15 is 0 Å². The van der Waals surface area contributed by atoms with Gasteiger partial charge in [0.25, 0.3) is 0 Å². The van der Waals surface area contributed by atoms with Crippen LogP contribution in [0.3, 0.4) is 0 Å². The summed E-state index contributed by atoms with van der Waals surface area (Å²) < 4.78 is 11.2. The van der Waals surface area contributed by atoms with E-state index in [4.69, 9.17) is 9.47 Å². The van der Waals surface area contributed by atoms with Crippen molar-refractivity contribution in [2.24, 2.45) is 5.92 Å². The van der Waals surface area contributed by atoms with E-state index in [-0.39, 0.29) is 24.7 Å². The third-order valence-electron chi connectivity index (χ3n) is 4.97. The summed E-state index contributed by atoms with van der Waals surface area (Å²) in [5.41, 5.74) is 0.162. The molecular weight excluding hydrogens is 406 g/mol. The molecule has 3 atom stereocenters. The number of allylic oxidation sites excluding steroid dienone is 2. The van der Waals surface area contributed by atoms with Gasteiger partial charge in [-0.25, -0.2) is 0 Å². The molecule has 6 heteroatoms. The van der Waals surface area contributed by atoms with Crippen LogP contribution in [0, 0.1) is 5.92 Å². The van der Waals surface area contributed by atoms with Crippen molar-refractivity contribution >= 4 is 17.8 Å². The number of nitrogens with zero attached hydrogens (tertiary/aromatic N) is 1. The third-order valence-corrected chi connectivity index (χ3v) is 4.97. The first-order chi connectivity index (χ1) is 15.0. The first-order valence-corrected chi connectivity index (χ1v) is 10.9. The molecule has 0 N–H and O–H groups in total. The first-order valence-electron chi connectivity index (χ1n) is 10.9. The molecule has 0 fully saturated rings. The second-order valence-electron chi connectivity index (χ2n) is 8.85. The number of amides is 1. The molecular formula is C26H37NO5. The highest BCUT2D eigenvalue weighted by Gasteiger charge is 2.33. The van der Waals surface area contributed by atoms with Gasteiger partial charge in [0.15, 0.2) is 0 Å². The van der Waals surface area contributed by atoms with E-state index in [0.717, 1.165) is 5.56 Å². The fourth-order valence-electron chi connectivity index (χ4n) is 3.26. The topological polar surface area (TPSA) is 72.9 Å². The molecule has 1 amide bonds. The lowest BCUT2D eigenvalue weighted by Crippen LogP contribution is -2.44. The molecule has 0 aromatic heterocycles. The number of hydrogen-bond acceptors (Lipinski definition) is 5. The van der Waals surface area contributed by atoms with E-state index < -0.39 is 29.6 Å². The maximum Gasteiger partial charge on any atom is 0.307 e. The summed E-state index contributed by atoms with van der Waals surface area (Å²) in [4.78, 5) is 39.5. The Morgan fingerprint density at radius 3 is 2.22 bits per heavy atom. The zero-order valence-corrected chi connectivity index (χ0v) is 20.0. The first kappa shape index (κ1) is 27.1. The van der Waals surface area contributed by atoms with Crippen molar-refractivity contribution in [2.75, 3.05) is 7.05 Å². The SMILES string of the molecule is C=CCCC(=O)O[C@@H](c1ccccc1)[C@H](C)N(C)C(=O)C(CC=C)CC(=O)OC(C)(C)C. The quantitative estimate of drug-likeness (QED) is 0.335. The van der Waals surface area contributed by atoms with Crippen LogP contribution in [-0.2, 0) is 23.9 Å². The van der Waals surface area contributed by atoms with Gasteiger partial charge in [-0.05, 0) is 46.1 Å². The van der Waals surface area contributed by atoms with Gasteiger partial charge in [-0.2, -0.15) is 0 Å². The summed E-state index contributed by atoms with van der Waals surface area (Å²) in [5.74, 6) is -1.63. The highest BCUT2D eigenvalue weighted by atomic mass is 16.6. The Bertz CT molecular complexity index is 781. The van der Waals surface area contributed by atoms with E-state index in [1.807, 2.05) is 37.3 Å². The van der Waals surface area contributed by atoms with Crippen molar-refractivity contribution in [3.63, 3.8) is 0 Å². The molecule has 0 aliphatic carbocycles. The average molecular weight is 444 g/mol. The molecule has 0 saturated heterocycles. The molecule has 1 unspecified atom stereocenters. The summed E-state index contributed by atoms with van der Waals surface area (Å²) in [6.07, 6.45) is 3.66. The van der Waals surface area contributed by atoms with Crippen LogP contribution in [0.1, 0.15) is 65.0 Å². The van der Waals surface area contributed by atoms with E-state index in [2.05, 4.69) is 13.2 Å². The highest BCUT2D eigenvalue weighted by Crippen LogP contribution is 2.27. The van der Waals surface area contributed by atoms with Crippen LogP contribution in [0.25, 0.3) is 0 Å². The molecule has 176 valence electrons. The minimum absolute atomic E-state index is 0.0473. The van der Waals surface area contributed by atoms with Crippen LogP contribution in [0.15, 0.2) is 55.6 Å². The van der Waals surface area contributed by atoms with Gasteiger partial charge in [-0.1, -0.05) is 42.5 Å².